The summed E-state index contributed by atoms with van der Waals surface area (Å²) < 4.78 is 15.0. The van der Waals surface area contributed by atoms with E-state index in [1.807, 2.05) is 24.3 Å². The van der Waals surface area contributed by atoms with E-state index in [0.717, 1.165) is 11.1 Å². The van der Waals surface area contributed by atoms with Gasteiger partial charge in [0.05, 0.1) is 25.3 Å². The molecule has 0 radical (unpaired) electrons. The van der Waals surface area contributed by atoms with Gasteiger partial charge in [0, 0.05) is 24.3 Å². The summed E-state index contributed by atoms with van der Waals surface area (Å²) in [5, 5.41) is 22.0. The molecule has 3 rings (SSSR count). The summed E-state index contributed by atoms with van der Waals surface area (Å²) in [6, 6.07) is 14.2. The van der Waals surface area contributed by atoms with Crippen molar-refractivity contribution in [3.8, 4) is 0 Å². The Hall–Kier alpha value is -1.11. The van der Waals surface area contributed by atoms with Crippen LogP contribution in [0.4, 0.5) is 11.4 Å². The number of nitrogens with zero attached hydrogens (tertiary/aromatic N) is 2. The molecule has 0 N–H and O–H groups in total. The molecule has 8 nitrogen and oxygen atoms in total. The van der Waals surface area contributed by atoms with Crippen molar-refractivity contribution in [1.29, 1.82) is 0 Å². The minimum atomic E-state index is -2.16. The predicted molar refractivity (Wildman–Crippen MR) is 179 cm³/mol. The fraction of sp³-hybridized carbons (Fsp3) is 0.538. The highest BCUT2D eigenvalue weighted by Crippen LogP contribution is 3.03. The fourth-order valence-corrected chi connectivity index (χ4v) is 51.3. The van der Waals surface area contributed by atoms with E-state index in [2.05, 4.69) is 78.6 Å². The summed E-state index contributed by atoms with van der Waals surface area (Å²) in [5.74, 6) is 0. The van der Waals surface area contributed by atoms with Gasteiger partial charge in [-0.3, -0.25) is 20.2 Å². The third kappa shape index (κ3) is 6.29. The molecule has 0 aromatic heterocycles. The average molecular weight is 655 g/mol. The number of hydrogen-bond donors (Lipinski definition) is 0. The number of nitro groups is 2. The normalized spacial score (nSPS) is 25.8. The van der Waals surface area contributed by atoms with Crippen LogP contribution >= 0.6 is 14.9 Å². The van der Waals surface area contributed by atoms with Gasteiger partial charge in [-0.1, -0.05) is 39.3 Å². The molecule has 0 unspecified atom stereocenters. The molecule has 2 aromatic rings. The van der Waals surface area contributed by atoms with E-state index in [0.29, 0.717) is 0 Å². The lowest BCUT2D eigenvalue weighted by Gasteiger charge is -2.75. The summed E-state index contributed by atoms with van der Waals surface area (Å²) in [6.45, 7) is 27.7. The van der Waals surface area contributed by atoms with Crippen molar-refractivity contribution in [2.75, 3.05) is 0 Å². The van der Waals surface area contributed by atoms with Gasteiger partial charge in [0.15, 0.2) is 16.6 Å². The molecule has 1 saturated heterocycles. The first kappa shape index (κ1) is 33.4. The van der Waals surface area contributed by atoms with Gasteiger partial charge >= 0.3 is 0 Å². The van der Waals surface area contributed by atoms with Crippen LogP contribution in [0.25, 0.3) is 0 Å². The van der Waals surface area contributed by atoms with Crippen LogP contribution in [-0.4, -0.2) is 42.0 Å². The van der Waals surface area contributed by atoms with Gasteiger partial charge in [0.2, 0.25) is 0 Å². The molecule has 2 aromatic carbocycles. The van der Waals surface area contributed by atoms with E-state index in [-0.39, 0.29) is 21.2 Å². The second-order valence-corrected chi connectivity index (χ2v) is 47.1. The number of benzene rings is 2. The van der Waals surface area contributed by atoms with Crippen LogP contribution in [0.3, 0.4) is 0 Å². The molecule has 0 aliphatic carbocycles. The van der Waals surface area contributed by atoms with Crippen molar-refractivity contribution >= 4 is 58.4 Å². The fourth-order valence-electron chi connectivity index (χ4n) is 5.66. The van der Waals surface area contributed by atoms with E-state index in [1.165, 1.54) is 0 Å². The highest BCUT2D eigenvalue weighted by molar-refractivity contribution is 8.21. The minimum Gasteiger partial charge on any atom is -0.401 e. The molecule has 1 aliphatic heterocycles. The zero-order valence-corrected chi connectivity index (χ0v) is 31.6. The third-order valence-corrected chi connectivity index (χ3v) is 31.9. The Morgan fingerprint density at radius 2 is 0.800 bits per heavy atom. The summed E-state index contributed by atoms with van der Waals surface area (Å²) in [4.78, 5) is 22.5. The van der Waals surface area contributed by atoms with E-state index >= 15 is 0 Å². The molecule has 0 atom stereocenters. The highest BCUT2D eigenvalue weighted by Gasteiger charge is 2.79. The number of nitro benzene ring substituents is 2. The van der Waals surface area contributed by atoms with Gasteiger partial charge in [-0.05, 0) is 89.6 Å². The maximum atomic E-state index is 11.6. The van der Waals surface area contributed by atoms with E-state index in [9.17, 15) is 20.2 Å². The lowest BCUT2D eigenvalue weighted by Crippen LogP contribution is -2.63. The molecular weight excluding hydrogens is 611 g/mol. The van der Waals surface area contributed by atoms with Crippen molar-refractivity contribution in [1.82, 2.24) is 0 Å². The van der Waals surface area contributed by atoms with Crippen LogP contribution in [0.5, 0.6) is 0 Å². The maximum Gasteiger partial charge on any atom is 0.269 e. The monoisotopic (exact) mass is 654 g/mol. The van der Waals surface area contributed by atoms with E-state index in [4.69, 9.17) is 8.85 Å². The second-order valence-electron chi connectivity index (χ2n) is 14.3. The molecule has 0 bridgehead atoms. The van der Waals surface area contributed by atoms with Crippen LogP contribution in [-0.2, 0) is 19.0 Å². The molecule has 0 spiro atoms. The highest BCUT2D eigenvalue weighted by atomic mass is 31.5. The van der Waals surface area contributed by atoms with E-state index < -0.39 is 57.2 Å². The Morgan fingerprint density at radius 1 is 0.550 bits per heavy atom. The van der Waals surface area contributed by atoms with Gasteiger partial charge in [0.1, 0.15) is 10.2 Å². The SMILES string of the molecule is C[Si](C)(C)OC1(c2ccc([N+](=O)[O-])cc2)P([Si](C)(C)C)C(O[Si](C)(C)C)(c2ccc([N+](=O)[O-])cc2)P1[Si](C)(C)C. The summed E-state index contributed by atoms with van der Waals surface area (Å²) in [7, 11) is -10.4. The van der Waals surface area contributed by atoms with Crippen LogP contribution in [0, 0.1) is 20.2 Å². The van der Waals surface area contributed by atoms with Gasteiger partial charge < -0.3 is 8.85 Å². The van der Waals surface area contributed by atoms with Crippen molar-refractivity contribution in [3.05, 3.63) is 79.9 Å². The molecule has 220 valence electrons. The zero-order chi connectivity index (χ0) is 30.7. The quantitative estimate of drug-likeness (QED) is 0.109. The second kappa shape index (κ2) is 10.9. The number of non-ortho nitro benzene ring substituents is 2. The Balaban J connectivity index is 2.51. The largest absolute Gasteiger partial charge is 0.401 e. The molecule has 40 heavy (non-hydrogen) atoms. The average Bonchev–Trinajstić information content (AvgIpc) is 2.73. The van der Waals surface area contributed by atoms with Crippen molar-refractivity contribution in [2.45, 2.75) is 88.7 Å². The standard InChI is InChI=1S/C26H44N2O6P2Si4/c1-37(2,3)33-25(21-13-17-23(18-14-21)27(29)30)35(39(7,8)9)26(34-38(4,5)6,36(25)40(10,11)12)22-15-19-24(20-16-22)28(31)32/h13-20H,1-12H3. The summed E-state index contributed by atoms with van der Waals surface area (Å²) >= 11 is 0. The lowest BCUT2D eigenvalue weighted by molar-refractivity contribution is -0.385. The molecular formula is C26H44N2O6P2Si4. The third-order valence-electron chi connectivity index (χ3n) is 6.36. The van der Waals surface area contributed by atoms with Gasteiger partial charge in [-0.15, -0.1) is 0 Å². The van der Waals surface area contributed by atoms with Crippen LogP contribution in [0.15, 0.2) is 48.5 Å². The molecule has 14 heteroatoms. The van der Waals surface area contributed by atoms with Crippen molar-refractivity contribution in [3.63, 3.8) is 0 Å². The first-order valence-electron chi connectivity index (χ1n) is 13.5. The number of hydrogen-bond acceptors (Lipinski definition) is 6. The van der Waals surface area contributed by atoms with Crippen LogP contribution in [0.2, 0.25) is 78.6 Å². The molecule has 1 heterocycles. The Morgan fingerprint density at radius 3 is 0.975 bits per heavy atom. The molecule has 0 saturated carbocycles. The predicted octanol–water partition coefficient (Wildman–Crippen LogP) is 9.77. The zero-order valence-electron chi connectivity index (χ0n) is 25.9. The van der Waals surface area contributed by atoms with Crippen LogP contribution in [0.1, 0.15) is 11.1 Å². The van der Waals surface area contributed by atoms with Crippen LogP contribution < -0.4 is 0 Å². The molecule has 0 amide bonds. The van der Waals surface area contributed by atoms with Crippen molar-refractivity contribution in [2.24, 2.45) is 0 Å². The van der Waals surface area contributed by atoms with Crippen molar-refractivity contribution < 1.29 is 18.7 Å². The molecule has 1 fully saturated rings. The first-order chi connectivity index (χ1) is 18.0. The number of rotatable bonds is 10. The Labute approximate surface area is 245 Å². The Kier molecular flexibility index (Phi) is 9.07. The van der Waals surface area contributed by atoms with E-state index in [1.54, 1.807) is 24.3 Å². The smallest absolute Gasteiger partial charge is 0.269 e. The molecule has 1 aliphatic rings. The maximum absolute atomic E-state index is 11.6. The topological polar surface area (TPSA) is 105 Å². The van der Waals surface area contributed by atoms with Gasteiger partial charge in [-0.25, -0.2) is 0 Å². The van der Waals surface area contributed by atoms with Gasteiger partial charge in [0.25, 0.3) is 11.4 Å². The summed E-state index contributed by atoms with van der Waals surface area (Å²) in [6.07, 6.45) is 0. The summed E-state index contributed by atoms with van der Waals surface area (Å²) in [5.41, 5.74) is 2.19. The first-order valence-corrected chi connectivity index (χ1v) is 31.7. The minimum absolute atomic E-state index is 0.0703. The lowest BCUT2D eigenvalue weighted by atomic mass is 10.2. The van der Waals surface area contributed by atoms with Gasteiger partial charge in [-0.2, -0.15) is 0 Å². The Bertz CT molecular complexity index is 1160.